The Labute approximate surface area is 123 Å². The zero-order valence-corrected chi connectivity index (χ0v) is 11.8. The van der Waals surface area contributed by atoms with Gasteiger partial charge in [0.1, 0.15) is 11.9 Å². The minimum atomic E-state index is -1.02. The molecule has 0 radical (unpaired) electrons. The van der Waals surface area contributed by atoms with E-state index in [1.54, 1.807) is 12.1 Å². The molecule has 1 atom stereocenters. The quantitative estimate of drug-likeness (QED) is 0.858. The predicted molar refractivity (Wildman–Crippen MR) is 78.5 cm³/mol. The van der Waals surface area contributed by atoms with Gasteiger partial charge in [-0.3, -0.25) is 0 Å². The Bertz CT molecular complexity index is 602. The lowest BCUT2D eigenvalue weighted by atomic mass is 9.79. The van der Waals surface area contributed by atoms with Crippen LogP contribution in [0, 0.1) is 5.82 Å². The van der Waals surface area contributed by atoms with Crippen molar-refractivity contribution < 1.29 is 9.50 Å². The first-order chi connectivity index (χ1) is 9.66. The van der Waals surface area contributed by atoms with Gasteiger partial charge in [0.05, 0.1) is 0 Å². The normalized spacial score (nSPS) is 16.8. The van der Waals surface area contributed by atoms with Crippen LogP contribution in [0.15, 0.2) is 42.5 Å². The molecule has 1 fully saturated rings. The largest absolute Gasteiger partial charge is 0.383 e. The van der Waals surface area contributed by atoms with E-state index in [-0.39, 0.29) is 10.6 Å². The molecule has 0 aromatic heterocycles. The first-order valence-corrected chi connectivity index (χ1v) is 7.26. The Morgan fingerprint density at radius 1 is 1.15 bits per heavy atom. The summed E-state index contributed by atoms with van der Waals surface area (Å²) in [5, 5.41) is 10.7. The third-order valence-corrected chi connectivity index (χ3v) is 4.41. The van der Waals surface area contributed by atoms with Gasteiger partial charge in [-0.15, -0.1) is 0 Å². The maximum atomic E-state index is 13.9. The van der Waals surface area contributed by atoms with Crippen LogP contribution >= 0.6 is 11.6 Å². The molecule has 104 valence electrons. The number of aliphatic hydroxyl groups is 1. The number of aliphatic hydroxyl groups excluding tert-OH is 1. The third kappa shape index (κ3) is 2.46. The molecule has 1 aliphatic carbocycles. The second-order valence-corrected chi connectivity index (χ2v) is 5.74. The van der Waals surface area contributed by atoms with Crippen molar-refractivity contribution in [2.45, 2.75) is 31.3 Å². The molecule has 0 saturated heterocycles. The summed E-state index contributed by atoms with van der Waals surface area (Å²) in [5.74, 6) is 0.109. The summed E-state index contributed by atoms with van der Waals surface area (Å²) in [6.07, 6.45) is 2.63. The Morgan fingerprint density at radius 2 is 1.90 bits per heavy atom. The van der Waals surface area contributed by atoms with Gasteiger partial charge in [0.25, 0.3) is 0 Å². The molecule has 0 bridgehead atoms. The Morgan fingerprint density at radius 3 is 2.55 bits per heavy atom. The Hall–Kier alpha value is -1.38. The molecular weight excluding hydrogens is 275 g/mol. The van der Waals surface area contributed by atoms with Gasteiger partial charge in [-0.2, -0.15) is 0 Å². The van der Waals surface area contributed by atoms with E-state index in [9.17, 15) is 9.50 Å². The highest BCUT2D eigenvalue weighted by Crippen LogP contribution is 2.38. The summed E-state index contributed by atoms with van der Waals surface area (Å²) in [4.78, 5) is 0. The monoisotopic (exact) mass is 290 g/mol. The first-order valence-electron chi connectivity index (χ1n) is 6.88. The van der Waals surface area contributed by atoms with E-state index in [1.807, 2.05) is 18.2 Å². The van der Waals surface area contributed by atoms with Crippen molar-refractivity contribution in [2.24, 2.45) is 0 Å². The van der Waals surface area contributed by atoms with Crippen LogP contribution < -0.4 is 0 Å². The molecule has 20 heavy (non-hydrogen) atoms. The molecule has 2 aromatic carbocycles. The molecule has 1 nitrogen and oxygen atoms in total. The van der Waals surface area contributed by atoms with Crippen molar-refractivity contribution in [2.75, 3.05) is 0 Å². The van der Waals surface area contributed by atoms with Crippen molar-refractivity contribution in [3.05, 3.63) is 70.0 Å². The second-order valence-electron chi connectivity index (χ2n) is 5.34. The highest BCUT2D eigenvalue weighted by Gasteiger charge is 2.22. The molecule has 1 unspecified atom stereocenters. The highest BCUT2D eigenvalue weighted by molar-refractivity contribution is 6.31. The molecule has 0 amide bonds. The molecule has 2 aromatic rings. The fourth-order valence-corrected chi connectivity index (χ4v) is 2.93. The van der Waals surface area contributed by atoms with E-state index in [1.165, 1.54) is 30.9 Å². The topological polar surface area (TPSA) is 20.2 Å². The molecule has 1 N–H and O–H groups in total. The minimum Gasteiger partial charge on any atom is -0.383 e. The number of hydrogen-bond acceptors (Lipinski definition) is 1. The van der Waals surface area contributed by atoms with Crippen LogP contribution in [-0.2, 0) is 0 Å². The van der Waals surface area contributed by atoms with Crippen LogP contribution in [0.4, 0.5) is 4.39 Å². The molecule has 3 rings (SSSR count). The average molecular weight is 291 g/mol. The van der Waals surface area contributed by atoms with Crippen molar-refractivity contribution in [1.82, 2.24) is 0 Å². The fourth-order valence-electron chi connectivity index (χ4n) is 2.66. The summed E-state index contributed by atoms with van der Waals surface area (Å²) in [6.45, 7) is 0. The number of hydrogen-bond donors (Lipinski definition) is 1. The Balaban J connectivity index is 1.95. The lowest BCUT2D eigenvalue weighted by molar-refractivity contribution is 0.215. The molecule has 1 saturated carbocycles. The SMILES string of the molecule is OC(c1cccc(C2CCC2)c1)c1c(F)cccc1Cl. The summed E-state index contributed by atoms with van der Waals surface area (Å²) in [5.41, 5.74) is 2.07. The van der Waals surface area contributed by atoms with Crippen molar-refractivity contribution in [3.63, 3.8) is 0 Å². The van der Waals surface area contributed by atoms with E-state index >= 15 is 0 Å². The predicted octanol–water partition coefficient (Wildman–Crippen LogP) is 4.83. The van der Waals surface area contributed by atoms with Gasteiger partial charge in [-0.1, -0.05) is 48.4 Å². The lowest BCUT2D eigenvalue weighted by Crippen LogP contribution is -2.10. The summed E-state index contributed by atoms with van der Waals surface area (Å²) < 4.78 is 13.9. The van der Waals surface area contributed by atoms with E-state index < -0.39 is 11.9 Å². The number of benzene rings is 2. The van der Waals surface area contributed by atoms with Gasteiger partial charge in [-0.05, 0) is 42.0 Å². The average Bonchev–Trinajstić information content (AvgIpc) is 2.36. The molecule has 1 aliphatic rings. The zero-order chi connectivity index (χ0) is 14.1. The standard InChI is InChI=1S/C17H16ClFO/c18-14-8-3-9-15(19)16(14)17(20)13-7-2-6-12(10-13)11-4-1-5-11/h2-3,6-11,17,20H,1,4-5H2. The Kier molecular flexibility index (Phi) is 3.77. The van der Waals surface area contributed by atoms with Crippen LogP contribution in [0.2, 0.25) is 5.02 Å². The highest BCUT2D eigenvalue weighted by atomic mass is 35.5. The van der Waals surface area contributed by atoms with Crippen LogP contribution in [0.25, 0.3) is 0 Å². The van der Waals surface area contributed by atoms with E-state index in [2.05, 4.69) is 6.07 Å². The van der Waals surface area contributed by atoms with Crippen LogP contribution in [0.5, 0.6) is 0 Å². The van der Waals surface area contributed by atoms with Crippen molar-refractivity contribution >= 4 is 11.6 Å². The van der Waals surface area contributed by atoms with E-state index in [4.69, 9.17) is 11.6 Å². The summed E-state index contributed by atoms with van der Waals surface area (Å²) in [6, 6.07) is 12.2. The molecule has 3 heteroatoms. The van der Waals surface area contributed by atoms with Crippen LogP contribution in [-0.4, -0.2) is 5.11 Å². The lowest BCUT2D eigenvalue weighted by Gasteiger charge is -2.26. The van der Waals surface area contributed by atoms with E-state index in [0.29, 0.717) is 11.5 Å². The molecular formula is C17H16ClFO. The first kappa shape index (κ1) is 13.6. The molecule has 0 aliphatic heterocycles. The van der Waals surface area contributed by atoms with Gasteiger partial charge >= 0.3 is 0 Å². The third-order valence-electron chi connectivity index (χ3n) is 4.08. The van der Waals surface area contributed by atoms with Crippen molar-refractivity contribution in [1.29, 1.82) is 0 Å². The van der Waals surface area contributed by atoms with Gasteiger partial charge < -0.3 is 5.11 Å². The van der Waals surface area contributed by atoms with Crippen LogP contribution in [0.3, 0.4) is 0 Å². The van der Waals surface area contributed by atoms with E-state index in [0.717, 1.165) is 0 Å². The number of rotatable bonds is 3. The van der Waals surface area contributed by atoms with Gasteiger partial charge in [0.15, 0.2) is 0 Å². The van der Waals surface area contributed by atoms with Gasteiger partial charge in [0.2, 0.25) is 0 Å². The fraction of sp³-hybridized carbons (Fsp3) is 0.294. The molecule has 0 heterocycles. The smallest absolute Gasteiger partial charge is 0.130 e. The zero-order valence-electron chi connectivity index (χ0n) is 11.0. The van der Waals surface area contributed by atoms with Gasteiger partial charge in [0, 0.05) is 10.6 Å². The number of halogens is 2. The minimum absolute atomic E-state index is 0.153. The summed E-state index contributed by atoms with van der Waals surface area (Å²) >= 11 is 6.02. The van der Waals surface area contributed by atoms with Crippen molar-refractivity contribution in [3.8, 4) is 0 Å². The maximum Gasteiger partial charge on any atom is 0.130 e. The van der Waals surface area contributed by atoms with Gasteiger partial charge in [-0.25, -0.2) is 4.39 Å². The maximum absolute atomic E-state index is 13.9. The summed E-state index contributed by atoms with van der Waals surface area (Å²) in [7, 11) is 0. The molecule has 0 spiro atoms. The second kappa shape index (κ2) is 5.55. The van der Waals surface area contributed by atoms with Crippen LogP contribution in [0.1, 0.15) is 48.0 Å².